The van der Waals surface area contributed by atoms with Crippen molar-refractivity contribution < 1.29 is 9.18 Å². The van der Waals surface area contributed by atoms with Gasteiger partial charge in [0.1, 0.15) is 5.82 Å². The van der Waals surface area contributed by atoms with Gasteiger partial charge in [-0.25, -0.2) is 4.39 Å². The summed E-state index contributed by atoms with van der Waals surface area (Å²) in [6, 6.07) is 5.03. The molecule has 1 fully saturated rings. The molecule has 0 aliphatic carbocycles. The Kier molecular flexibility index (Phi) is 6.21. The van der Waals surface area contributed by atoms with E-state index in [1.54, 1.807) is 12.1 Å². The molecule has 122 valence electrons. The Labute approximate surface area is 136 Å². The molecule has 3 nitrogen and oxygen atoms in total. The molecule has 1 aromatic carbocycles. The number of likely N-dealkylation sites (tertiary alicyclic amines) is 1. The first-order valence-electron chi connectivity index (χ1n) is 7.96. The number of carbonyl (C=O) groups is 1. The van der Waals surface area contributed by atoms with E-state index < -0.39 is 0 Å². The van der Waals surface area contributed by atoms with E-state index in [-0.39, 0.29) is 23.7 Å². The summed E-state index contributed by atoms with van der Waals surface area (Å²) in [5.74, 6) is -0.0175. The van der Waals surface area contributed by atoms with Crippen molar-refractivity contribution in [1.82, 2.24) is 10.2 Å². The van der Waals surface area contributed by atoms with Gasteiger partial charge >= 0.3 is 0 Å². The summed E-state index contributed by atoms with van der Waals surface area (Å²) in [4.78, 5) is 14.3. The molecule has 1 amide bonds. The zero-order valence-electron chi connectivity index (χ0n) is 13.2. The smallest absolute Gasteiger partial charge is 0.223 e. The molecule has 5 heteroatoms. The van der Waals surface area contributed by atoms with Crippen molar-refractivity contribution in [3.8, 4) is 0 Å². The maximum atomic E-state index is 13.8. The van der Waals surface area contributed by atoms with Gasteiger partial charge in [-0.1, -0.05) is 24.6 Å². The van der Waals surface area contributed by atoms with Gasteiger partial charge in [-0.2, -0.15) is 0 Å². The number of nitrogens with one attached hydrogen (secondary N) is 1. The van der Waals surface area contributed by atoms with Crippen LogP contribution in [-0.2, 0) is 11.3 Å². The fraction of sp³-hybridized carbons (Fsp3) is 0.588. The van der Waals surface area contributed by atoms with E-state index in [0.29, 0.717) is 17.1 Å². The van der Waals surface area contributed by atoms with Gasteiger partial charge in [0, 0.05) is 29.1 Å². The minimum absolute atomic E-state index is 0.0836. The van der Waals surface area contributed by atoms with Crippen LogP contribution in [0, 0.1) is 11.7 Å². The molecule has 22 heavy (non-hydrogen) atoms. The summed E-state index contributed by atoms with van der Waals surface area (Å²) < 4.78 is 13.8. The molecule has 1 aromatic rings. The summed E-state index contributed by atoms with van der Waals surface area (Å²) in [7, 11) is 0. The predicted molar refractivity (Wildman–Crippen MR) is 87.3 cm³/mol. The molecule has 0 aromatic heterocycles. The number of rotatable bonds is 5. The summed E-state index contributed by atoms with van der Waals surface area (Å²) in [5, 5.41) is 3.47. The normalized spacial score (nSPS) is 18.2. The van der Waals surface area contributed by atoms with E-state index in [2.05, 4.69) is 17.1 Å². The zero-order valence-corrected chi connectivity index (χ0v) is 14.0. The fourth-order valence-corrected chi connectivity index (χ4v) is 2.87. The maximum Gasteiger partial charge on any atom is 0.223 e. The molecule has 2 rings (SSSR count). The lowest BCUT2D eigenvalue weighted by molar-refractivity contribution is -0.127. The molecule has 1 atom stereocenters. The Balaban J connectivity index is 1.83. The van der Waals surface area contributed by atoms with Crippen molar-refractivity contribution in [2.45, 2.75) is 45.7 Å². The molecule has 1 aliphatic heterocycles. The van der Waals surface area contributed by atoms with Gasteiger partial charge in [-0.15, -0.1) is 0 Å². The molecule has 0 spiro atoms. The number of amides is 1. The summed E-state index contributed by atoms with van der Waals surface area (Å²) in [6.45, 7) is 6.30. The highest BCUT2D eigenvalue weighted by Gasteiger charge is 2.25. The molecular formula is C17H24ClFN2O. The molecule has 1 heterocycles. The first-order valence-corrected chi connectivity index (χ1v) is 8.34. The van der Waals surface area contributed by atoms with E-state index in [1.165, 1.54) is 6.07 Å². The Bertz CT molecular complexity index is 515. The van der Waals surface area contributed by atoms with Crippen LogP contribution in [0.1, 0.15) is 38.7 Å². The SMILES string of the molecule is CC[C@H](C)NC(=O)C1CCN(Cc2ccc(Cl)cc2F)CC1. The number of hydrogen-bond acceptors (Lipinski definition) is 2. The number of piperidine rings is 1. The molecular weight excluding hydrogens is 303 g/mol. The number of nitrogens with zero attached hydrogens (tertiary/aromatic N) is 1. The minimum Gasteiger partial charge on any atom is -0.353 e. The topological polar surface area (TPSA) is 32.3 Å². The monoisotopic (exact) mass is 326 g/mol. The van der Waals surface area contributed by atoms with E-state index in [4.69, 9.17) is 11.6 Å². The highest BCUT2D eigenvalue weighted by Crippen LogP contribution is 2.21. The van der Waals surface area contributed by atoms with Crippen LogP contribution in [0.3, 0.4) is 0 Å². The first-order chi connectivity index (χ1) is 10.5. The molecule has 1 saturated heterocycles. The number of halogens is 2. The van der Waals surface area contributed by atoms with Crippen LogP contribution in [0.2, 0.25) is 5.02 Å². The van der Waals surface area contributed by atoms with Crippen LogP contribution in [0.5, 0.6) is 0 Å². The maximum absolute atomic E-state index is 13.8. The van der Waals surface area contributed by atoms with E-state index in [0.717, 1.165) is 32.4 Å². The third-order valence-electron chi connectivity index (χ3n) is 4.37. The van der Waals surface area contributed by atoms with Crippen LogP contribution in [-0.4, -0.2) is 29.9 Å². The Morgan fingerprint density at radius 1 is 1.45 bits per heavy atom. The molecule has 0 unspecified atom stereocenters. The summed E-state index contributed by atoms with van der Waals surface area (Å²) in [6.07, 6.45) is 2.61. The first kappa shape index (κ1) is 17.2. The van der Waals surface area contributed by atoms with Crippen LogP contribution in [0.15, 0.2) is 18.2 Å². The average Bonchev–Trinajstić information content (AvgIpc) is 2.50. The van der Waals surface area contributed by atoms with Gasteiger partial charge in [0.25, 0.3) is 0 Å². The summed E-state index contributed by atoms with van der Waals surface area (Å²) >= 11 is 5.77. The van der Waals surface area contributed by atoms with Crippen LogP contribution in [0.4, 0.5) is 4.39 Å². The lowest BCUT2D eigenvalue weighted by Crippen LogP contribution is -2.42. The van der Waals surface area contributed by atoms with E-state index >= 15 is 0 Å². The largest absolute Gasteiger partial charge is 0.353 e. The second-order valence-corrected chi connectivity index (χ2v) is 6.54. The zero-order chi connectivity index (χ0) is 16.1. The lowest BCUT2D eigenvalue weighted by atomic mass is 9.95. The second kappa shape index (κ2) is 7.93. The summed E-state index contributed by atoms with van der Waals surface area (Å²) in [5.41, 5.74) is 0.659. The third kappa shape index (κ3) is 4.68. The average molecular weight is 327 g/mol. The Hall–Kier alpha value is -1.13. The standard InChI is InChI=1S/C17H24ClFN2O/c1-3-12(2)20-17(22)13-6-8-21(9-7-13)11-14-4-5-15(18)10-16(14)19/h4-5,10,12-13H,3,6-9,11H2,1-2H3,(H,20,22)/t12-/m0/s1. The van der Waals surface area contributed by atoms with Gasteiger partial charge < -0.3 is 5.32 Å². The van der Waals surface area contributed by atoms with Crippen LogP contribution >= 0.6 is 11.6 Å². The minimum atomic E-state index is -0.260. The van der Waals surface area contributed by atoms with Crippen molar-refractivity contribution in [2.24, 2.45) is 5.92 Å². The van der Waals surface area contributed by atoms with E-state index in [1.807, 2.05) is 6.92 Å². The third-order valence-corrected chi connectivity index (χ3v) is 4.60. The number of carbonyl (C=O) groups excluding carboxylic acids is 1. The quantitative estimate of drug-likeness (QED) is 0.896. The van der Waals surface area contributed by atoms with Gasteiger partial charge in [0.05, 0.1) is 0 Å². The van der Waals surface area contributed by atoms with E-state index in [9.17, 15) is 9.18 Å². The van der Waals surface area contributed by atoms with Crippen molar-refractivity contribution in [1.29, 1.82) is 0 Å². The van der Waals surface area contributed by atoms with Gasteiger partial charge in [-0.05, 0) is 51.4 Å². The fourth-order valence-electron chi connectivity index (χ4n) is 2.71. The van der Waals surface area contributed by atoms with Gasteiger partial charge in [0.15, 0.2) is 0 Å². The van der Waals surface area contributed by atoms with Crippen molar-refractivity contribution in [3.63, 3.8) is 0 Å². The molecule has 0 bridgehead atoms. The molecule has 0 saturated carbocycles. The van der Waals surface area contributed by atoms with Crippen molar-refractivity contribution >= 4 is 17.5 Å². The molecule has 1 N–H and O–H groups in total. The van der Waals surface area contributed by atoms with Gasteiger partial charge in [0.2, 0.25) is 5.91 Å². The Morgan fingerprint density at radius 2 is 2.14 bits per heavy atom. The lowest BCUT2D eigenvalue weighted by Gasteiger charge is -2.31. The second-order valence-electron chi connectivity index (χ2n) is 6.10. The van der Waals surface area contributed by atoms with Crippen LogP contribution < -0.4 is 5.32 Å². The molecule has 0 radical (unpaired) electrons. The Morgan fingerprint density at radius 3 is 2.73 bits per heavy atom. The number of benzene rings is 1. The number of hydrogen-bond donors (Lipinski definition) is 1. The van der Waals surface area contributed by atoms with Gasteiger partial charge in [-0.3, -0.25) is 9.69 Å². The highest BCUT2D eigenvalue weighted by molar-refractivity contribution is 6.30. The highest BCUT2D eigenvalue weighted by atomic mass is 35.5. The van der Waals surface area contributed by atoms with Crippen LogP contribution in [0.25, 0.3) is 0 Å². The van der Waals surface area contributed by atoms with Crippen molar-refractivity contribution in [2.75, 3.05) is 13.1 Å². The molecule has 1 aliphatic rings. The van der Waals surface area contributed by atoms with Crippen molar-refractivity contribution in [3.05, 3.63) is 34.6 Å². The predicted octanol–water partition coefficient (Wildman–Crippen LogP) is 3.61.